The molecule has 0 N–H and O–H groups in total. The lowest BCUT2D eigenvalue weighted by Gasteiger charge is -2.50. The van der Waals surface area contributed by atoms with Crippen LogP contribution in [0.3, 0.4) is 0 Å². The predicted molar refractivity (Wildman–Crippen MR) is 155 cm³/mol. The molecule has 0 aliphatic carbocycles. The van der Waals surface area contributed by atoms with E-state index in [0.717, 1.165) is 48.1 Å². The lowest BCUT2D eigenvalue weighted by molar-refractivity contribution is -0.153. The molecule has 9 nitrogen and oxygen atoms in total. The SMILES string of the molecule is COC(=O)CC1(CS(=O)(=O)c2ccc(OCc3cc(C)nc4ccccc34)cc2)CN(C(=O)CN2CCCCC2)C1. The first kappa shape index (κ1) is 29.0. The van der Waals surface area contributed by atoms with Gasteiger partial charge in [-0.1, -0.05) is 24.6 Å². The molecule has 0 saturated carbocycles. The fraction of sp³-hybridized carbons (Fsp3) is 0.452. The number of fused-ring (bicyclic) bond motifs is 1. The van der Waals surface area contributed by atoms with Crippen LogP contribution >= 0.6 is 0 Å². The maximum atomic E-state index is 13.5. The number of sulfone groups is 1. The Balaban J connectivity index is 1.24. The molecule has 3 heterocycles. The Labute approximate surface area is 241 Å². The number of benzene rings is 2. The smallest absolute Gasteiger partial charge is 0.306 e. The summed E-state index contributed by atoms with van der Waals surface area (Å²) in [5, 5.41) is 1.01. The van der Waals surface area contributed by atoms with Crippen molar-refractivity contribution < 1.29 is 27.5 Å². The van der Waals surface area contributed by atoms with Crippen LogP contribution in [0.5, 0.6) is 5.75 Å². The van der Waals surface area contributed by atoms with E-state index < -0.39 is 21.2 Å². The summed E-state index contributed by atoms with van der Waals surface area (Å²) < 4.78 is 37.8. The molecule has 0 unspecified atom stereocenters. The number of esters is 1. The number of carbonyl (C=O) groups excluding carboxylic acids is 2. The van der Waals surface area contributed by atoms with E-state index in [1.54, 1.807) is 17.0 Å². The third-order valence-electron chi connectivity index (χ3n) is 7.96. The van der Waals surface area contributed by atoms with Crippen LogP contribution in [0.25, 0.3) is 10.9 Å². The summed E-state index contributed by atoms with van der Waals surface area (Å²) in [5.41, 5.74) is 1.92. The van der Waals surface area contributed by atoms with Crippen molar-refractivity contribution in [3.05, 3.63) is 65.9 Å². The minimum absolute atomic E-state index is 0.0246. The summed E-state index contributed by atoms with van der Waals surface area (Å²) in [7, 11) is -2.46. The monoisotopic (exact) mass is 579 g/mol. The number of pyridine rings is 1. The van der Waals surface area contributed by atoms with Gasteiger partial charge in [-0.25, -0.2) is 8.42 Å². The highest BCUT2D eigenvalue weighted by Crippen LogP contribution is 2.38. The number of aryl methyl sites for hydroxylation is 1. The number of nitrogens with zero attached hydrogens (tertiary/aromatic N) is 3. The summed E-state index contributed by atoms with van der Waals surface area (Å²) in [6, 6.07) is 16.2. The normalized spacial score (nSPS) is 17.2. The molecular formula is C31H37N3O6S. The zero-order valence-electron chi connectivity index (χ0n) is 23.7. The van der Waals surface area contributed by atoms with Crippen LogP contribution in [0.1, 0.15) is 36.9 Å². The number of hydrogen-bond donors (Lipinski definition) is 0. The van der Waals surface area contributed by atoms with Crippen molar-refractivity contribution in [3.8, 4) is 5.75 Å². The number of ether oxygens (including phenoxy) is 2. The molecule has 5 rings (SSSR count). The second kappa shape index (κ2) is 12.2. The van der Waals surface area contributed by atoms with Crippen molar-refractivity contribution in [2.45, 2.75) is 44.1 Å². The van der Waals surface area contributed by atoms with Crippen LogP contribution in [-0.2, 0) is 30.8 Å². The maximum Gasteiger partial charge on any atom is 0.306 e. The van der Waals surface area contributed by atoms with Crippen LogP contribution in [0, 0.1) is 12.3 Å². The maximum absolute atomic E-state index is 13.5. The van der Waals surface area contributed by atoms with E-state index >= 15 is 0 Å². The molecule has 3 aromatic rings. The van der Waals surface area contributed by atoms with E-state index in [2.05, 4.69) is 9.88 Å². The van der Waals surface area contributed by atoms with Gasteiger partial charge in [-0.2, -0.15) is 0 Å². The molecule has 41 heavy (non-hydrogen) atoms. The van der Waals surface area contributed by atoms with Crippen molar-refractivity contribution in [2.75, 3.05) is 45.6 Å². The average Bonchev–Trinajstić information content (AvgIpc) is 2.94. The van der Waals surface area contributed by atoms with E-state index in [9.17, 15) is 18.0 Å². The summed E-state index contributed by atoms with van der Waals surface area (Å²) >= 11 is 0. The Morgan fingerprint density at radius 2 is 1.71 bits per heavy atom. The highest BCUT2D eigenvalue weighted by Gasteiger charge is 2.49. The highest BCUT2D eigenvalue weighted by atomic mass is 32.2. The Morgan fingerprint density at radius 1 is 1.00 bits per heavy atom. The number of amides is 1. The van der Waals surface area contributed by atoms with Crippen LogP contribution in [0.2, 0.25) is 0 Å². The molecule has 10 heteroatoms. The minimum Gasteiger partial charge on any atom is -0.489 e. The van der Waals surface area contributed by atoms with Crippen LogP contribution in [0.15, 0.2) is 59.5 Å². The topological polar surface area (TPSA) is 106 Å². The zero-order chi connectivity index (χ0) is 29.0. The molecule has 0 radical (unpaired) electrons. The van der Waals surface area contributed by atoms with Gasteiger partial charge < -0.3 is 14.4 Å². The summed E-state index contributed by atoms with van der Waals surface area (Å²) in [4.78, 5) is 33.6. The fourth-order valence-electron chi connectivity index (χ4n) is 5.89. The summed E-state index contributed by atoms with van der Waals surface area (Å²) in [6.45, 7) is 4.83. The molecule has 1 aromatic heterocycles. The molecule has 2 aromatic carbocycles. The number of likely N-dealkylation sites (tertiary alicyclic amines) is 2. The average molecular weight is 580 g/mol. The van der Waals surface area contributed by atoms with Gasteiger partial charge in [-0.15, -0.1) is 0 Å². The van der Waals surface area contributed by atoms with Gasteiger partial charge in [0.1, 0.15) is 12.4 Å². The van der Waals surface area contributed by atoms with Gasteiger partial charge in [0.05, 0.1) is 36.2 Å². The highest BCUT2D eigenvalue weighted by molar-refractivity contribution is 7.91. The number of rotatable bonds is 10. The van der Waals surface area contributed by atoms with E-state index in [1.165, 1.54) is 25.7 Å². The molecule has 2 fully saturated rings. The number of piperidine rings is 1. The standard InChI is InChI=1S/C31H37N3O6S/c1-23-16-24(27-8-4-5-9-28(27)32-23)19-40-25-10-12-26(13-11-25)41(37,38)22-31(17-30(36)39-2)20-34(21-31)29(35)18-33-14-6-3-7-15-33/h4-5,8-13,16H,3,6-7,14-15,17-22H2,1-2H3. The molecule has 1 amide bonds. The molecule has 0 bridgehead atoms. The Bertz CT molecular complexity index is 1510. The lowest BCUT2D eigenvalue weighted by atomic mass is 9.78. The van der Waals surface area contributed by atoms with Gasteiger partial charge in [0, 0.05) is 35.1 Å². The van der Waals surface area contributed by atoms with Crippen molar-refractivity contribution in [2.24, 2.45) is 5.41 Å². The summed E-state index contributed by atoms with van der Waals surface area (Å²) in [6.07, 6.45) is 3.30. The van der Waals surface area contributed by atoms with E-state index in [0.29, 0.717) is 18.9 Å². The van der Waals surface area contributed by atoms with E-state index in [1.807, 2.05) is 37.3 Å². The van der Waals surface area contributed by atoms with Gasteiger partial charge in [0.2, 0.25) is 5.91 Å². The second-order valence-corrected chi connectivity index (χ2v) is 13.3. The molecule has 2 aliphatic rings. The third-order valence-corrected chi connectivity index (χ3v) is 9.95. The number of carbonyl (C=O) groups is 2. The second-order valence-electron chi connectivity index (χ2n) is 11.3. The molecular weight excluding hydrogens is 542 g/mol. The Morgan fingerprint density at radius 3 is 2.41 bits per heavy atom. The number of methoxy groups -OCH3 is 1. The van der Waals surface area contributed by atoms with Crippen LogP contribution < -0.4 is 4.74 Å². The van der Waals surface area contributed by atoms with Gasteiger partial charge in [-0.05, 0) is 69.3 Å². The number of aromatic nitrogens is 1. The van der Waals surface area contributed by atoms with Crippen molar-refractivity contribution >= 4 is 32.6 Å². The van der Waals surface area contributed by atoms with Crippen molar-refractivity contribution in [3.63, 3.8) is 0 Å². The predicted octanol–water partition coefficient (Wildman–Crippen LogP) is 3.77. The Kier molecular flexibility index (Phi) is 8.60. The fourth-order valence-corrected chi connectivity index (χ4v) is 7.69. The van der Waals surface area contributed by atoms with Crippen LogP contribution in [0.4, 0.5) is 0 Å². The first-order valence-corrected chi connectivity index (χ1v) is 15.7. The minimum atomic E-state index is -3.75. The largest absolute Gasteiger partial charge is 0.489 e. The van der Waals surface area contributed by atoms with E-state index in [-0.39, 0.29) is 36.1 Å². The van der Waals surface area contributed by atoms with Gasteiger partial charge in [0.25, 0.3) is 0 Å². The lowest BCUT2D eigenvalue weighted by Crippen LogP contribution is -2.63. The van der Waals surface area contributed by atoms with Gasteiger partial charge in [-0.3, -0.25) is 19.5 Å². The molecule has 0 atom stereocenters. The zero-order valence-corrected chi connectivity index (χ0v) is 24.5. The first-order valence-electron chi connectivity index (χ1n) is 14.0. The van der Waals surface area contributed by atoms with Crippen molar-refractivity contribution in [1.82, 2.24) is 14.8 Å². The third kappa shape index (κ3) is 6.87. The van der Waals surface area contributed by atoms with E-state index in [4.69, 9.17) is 9.47 Å². The van der Waals surface area contributed by atoms with Crippen molar-refractivity contribution in [1.29, 1.82) is 0 Å². The molecule has 0 spiro atoms. The molecule has 218 valence electrons. The number of para-hydroxylation sites is 1. The quantitative estimate of drug-likeness (QED) is 0.334. The van der Waals surface area contributed by atoms with Crippen LogP contribution in [-0.4, -0.2) is 80.7 Å². The van der Waals surface area contributed by atoms with Gasteiger partial charge in [0.15, 0.2) is 9.84 Å². The first-order chi connectivity index (χ1) is 19.7. The van der Waals surface area contributed by atoms with Gasteiger partial charge >= 0.3 is 5.97 Å². The number of hydrogen-bond acceptors (Lipinski definition) is 8. The molecule has 2 aliphatic heterocycles. The Hall–Kier alpha value is -3.50. The summed E-state index contributed by atoms with van der Waals surface area (Å²) in [5.74, 6) is -0.204. The molecule has 2 saturated heterocycles.